The van der Waals surface area contributed by atoms with Crippen molar-refractivity contribution in [2.24, 2.45) is 7.05 Å². The molecule has 10 heteroatoms. The lowest BCUT2D eigenvalue weighted by Crippen LogP contribution is -2.22. The zero-order chi connectivity index (χ0) is 27.7. The third kappa shape index (κ3) is 3.85. The molecule has 39 heavy (non-hydrogen) atoms. The maximum absolute atomic E-state index is 13.5. The molecule has 0 aliphatic heterocycles. The van der Waals surface area contributed by atoms with Gasteiger partial charge in [0.1, 0.15) is 0 Å². The molecule has 0 N–H and O–H groups in total. The number of amides is 1. The lowest BCUT2D eigenvalue weighted by molar-refractivity contribution is 0.0827. The van der Waals surface area contributed by atoms with Crippen LogP contribution in [-0.4, -0.2) is 58.7 Å². The van der Waals surface area contributed by atoms with E-state index in [-0.39, 0.29) is 11.6 Å². The first-order valence-electron chi connectivity index (χ1n) is 12.5. The predicted octanol–water partition coefficient (Wildman–Crippen LogP) is 3.67. The van der Waals surface area contributed by atoms with Gasteiger partial charge in [-0.3, -0.25) is 23.9 Å². The van der Waals surface area contributed by atoms with E-state index >= 15 is 0 Å². The highest BCUT2D eigenvalue weighted by Gasteiger charge is 2.53. The number of carbonyl (C=O) groups is 1. The molecule has 1 amide bonds. The fourth-order valence-corrected chi connectivity index (χ4v) is 6.70. The van der Waals surface area contributed by atoms with Crippen LogP contribution in [0.15, 0.2) is 71.9 Å². The second kappa shape index (κ2) is 8.60. The normalized spacial score (nSPS) is 14.6. The predicted molar refractivity (Wildman–Crippen MR) is 151 cm³/mol. The smallest absolute Gasteiger partial charge is 0.333 e. The highest BCUT2D eigenvalue weighted by Crippen LogP contribution is 2.52. The first-order chi connectivity index (χ1) is 18.5. The zero-order valence-corrected chi connectivity index (χ0v) is 22.9. The van der Waals surface area contributed by atoms with Gasteiger partial charge in [-0.25, -0.2) is 13.2 Å². The van der Waals surface area contributed by atoms with Crippen molar-refractivity contribution < 1.29 is 13.2 Å². The van der Waals surface area contributed by atoms with Crippen molar-refractivity contribution in [1.82, 2.24) is 24.0 Å². The van der Waals surface area contributed by atoms with Gasteiger partial charge in [-0.15, -0.1) is 0 Å². The number of sulfone groups is 1. The van der Waals surface area contributed by atoms with Crippen LogP contribution in [0.2, 0.25) is 0 Å². The maximum atomic E-state index is 13.5. The molecule has 1 aliphatic carbocycles. The summed E-state index contributed by atoms with van der Waals surface area (Å²) in [5.74, 6) is -0.140. The van der Waals surface area contributed by atoms with Crippen LogP contribution in [0, 0.1) is 0 Å². The molecule has 3 heterocycles. The number of aromatic nitrogens is 4. The molecule has 0 spiro atoms. The molecule has 0 atom stereocenters. The second-order valence-corrected chi connectivity index (χ2v) is 12.7. The molecular weight excluding hydrogens is 514 g/mol. The fourth-order valence-electron chi connectivity index (χ4n) is 5.29. The second-order valence-electron chi connectivity index (χ2n) is 10.4. The first kappa shape index (κ1) is 25.0. The van der Waals surface area contributed by atoms with Gasteiger partial charge in [0.05, 0.1) is 38.7 Å². The third-order valence-corrected chi connectivity index (χ3v) is 9.74. The Bertz CT molecular complexity index is 1970. The van der Waals surface area contributed by atoms with Crippen molar-refractivity contribution in [2.45, 2.75) is 17.6 Å². The number of imidazole rings is 1. The number of fused-ring (bicyclic) bond motifs is 3. The summed E-state index contributed by atoms with van der Waals surface area (Å²) < 4.78 is 27.2. The lowest BCUT2D eigenvalue weighted by Gasteiger charge is -2.14. The molecule has 1 saturated carbocycles. The summed E-state index contributed by atoms with van der Waals surface area (Å²) in [7, 11) is 1.85. The quantitative estimate of drug-likeness (QED) is 0.336. The lowest BCUT2D eigenvalue weighted by atomic mass is 10.0. The van der Waals surface area contributed by atoms with E-state index in [1.165, 1.54) is 11.2 Å². The monoisotopic (exact) mass is 541 g/mol. The molecule has 5 aromatic rings. The van der Waals surface area contributed by atoms with Crippen molar-refractivity contribution in [3.8, 4) is 16.8 Å². The highest BCUT2D eigenvalue weighted by atomic mass is 32.2. The average molecular weight is 542 g/mol. The molecule has 0 bridgehead atoms. The summed E-state index contributed by atoms with van der Waals surface area (Å²) >= 11 is 0. The van der Waals surface area contributed by atoms with Crippen LogP contribution < -0.4 is 5.69 Å². The van der Waals surface area contributed by atoms with E-state index in [1.54, 1.807) is 67.1 Å². The van der Waals surface area contributed by atoms with Crippen LogP contribution in [0.3, 0.4) is 0 Å². The molecule has 0 radical (unpaired) electrons. The first-order valence-corrected chi connectivity index (χ1v) is 14.4. The SMILES string of the molecule is CN(C)C(=O)c1cncc(-c2ccc3ncc4c(c3c2)n(-c2ccc(C3(S(C)(=O)=O)CC3)cc2)c(=O)n4C)c1. The Balaban J connectivity index is 1.53. The van der Waals surface area contributed by atoms with Crippen molar-refractivity contribution in [3.63, 3.8) is 0 Å². The number of hydrogen-bond donors (Lipinski definition) is 0. The summed E-state index contributed by atoms with van der Waals surface area (Å²) in [6, 6.07) is 14.8. The zero-order valence-electron chi connectivity index (χ0n) is 22.0. The Labute approximate surface area is 225 Å². The Hall–Kier alpha value is -4.31. The van der Waals surface area contributed by atoms with Crippen LogP contribution in [0.5, 0.6) is 0 Å². The number of aryl methyl sites for hydroxylation is 1. The number of nitrogens with zero attached hydrogens (tertiary/aromatic N) is 5. The van der Waals surface area contributed by atoms with Crippen LogP contribution >= 0.6 is 0 Å². The molecular formula is C29H27N5O4S. The molecule has 2 aromatic carbocycles. The summed E-state index contributed by atoms with van der Waals surface area (Å²) in [6.07, 6.45) is 7.42. The van der Waals surface area contributed by atoms with E-state index in [9.17, 15) is 18.0 Å². The number of carbonyl (C=O) groups excluding carboxylic acids is 1. The Morgan fingerprint density at radius 1 is 0.974 bits per heavy atom. The van der Waals surface area contributed by atoms with Gasteiger partial charge in [0.15, 0.2) is 9.84 Å². The number of hydrogen-bond acceptors (Lipinski definition) is 6. The molecule has 198 valence electrons. The Morgan fingerprint density at radius 2 is 1.69 bits per heavy atom. The number of benzene rings is 2. The molecule has 1 aliphatic rings. The topological polar surface area (TPSA) is 107 Å². The minimum absolute atomic E-state index is 0.140. The molecule has 6 rings (SSSR count). The number of rotatable bonds is 5. The molecule has 0 unspecified atom stereocenters. The van der Waals surface area contributed by atoms with Gasteiger partial charge in [0, 0.05) is 50.7 Å². The van der Waals surface area contributed by atoms with Gasteiger partial charge in [-0.2, -0.15) is 0 Å². The van der Waals surface area contributed by atoms with E-state index in [4.69, 9.17) is 0 Å². The van der Waals surface area contributed by atoms with Gasteiger partial charge in [-0.1, -0.05) is 18.2 Å². The van der Waals surface area contributed by atoms with Crippen molar-refractivity contribution in [3.05, 3.63) is 88.7 Å². The summed E-state index contributed by atoms with van der Waals surface area (Å²) in [4.78, 5) is 36.3. The number of pyridine rings is 2. The summed E-state index contributed by atoms with van der Waals surface area (Å²) in [5, 5.41) is 0.769. The van der Waals surface area contributed by atoms with Gasteiger partial charge >= 0.3 is 5.69 Å². The van der Waals surface area contributed by atoms with Gasteiger partial charge in [-0.05, 0) is 54.3 Å². The van der Waals surface area contributed by atoms with E-state index in [0.29, 0.717) is 40.6 Å². The Morgan fingerprint density at radius 3 is 2.33 bits per heavy atom. The highest BCUT2D eigenvalue weighted by molar-refractivity contribution is 7.92. The fraction of sp³-hybridized carbons (Fsp3) is 0.241. The average Bonchev–Trinajstić information content (AvgIpc) is 3.71. The van der Waals surface area contributed by atoms with Gasteiger partial charge in [0.25, 0.3) is 5.91 Å². The minimum atomic E-state index is -3.24. The van der Waals surface area contributed by atoms with Crippen LogP contribution in [-0.2, 0) is 21.6 Å². The van der Waals surface area contributed by atoms with Crippen LogP contribution in [0.4, 0.5) is 0 Å². The van der Waals surface area contributed by atoms with E-state index < -0.39 is 14.6 Å². The van der Waals surface area contributed by atoms with Crippen LogP contribution in [0.25, 0.3) is 38.8 Å². The van der Waals surface area contributed by atoms with Crippen molar-refractivity contribution >= 4 is 37.7 Å². The third-order valence-electron chi connectivity index (χ3n) is 7.67. The van der Waals surface area contributed by atoms with Gasteiger partial charge in [0.2, 0.25) is 0 Å². The largest absolute Gasteiger partial charge is 0.345 e. The van der Waals surface area contributed by atoms with Crippen molar-refractivity contribution in [2.75, 3.05) is 20.4 Å². The molecule has 9 nitrogen and oxygen atoms in total. The Kier molecular flexibility index (Phi) is 5.51. The molecule has 1 fully saturated rings. The molecule has 3 aromatic heterocycles. The van der Waals surface area contributed by atoms with Crippen LogP contribution in [0.1, 0.15) is 28.8 Å². The maximum Gasteiger partial charge on any atom is 0.333 e. The summed E-state index contributed by atoms with van der Waals surface area (Å²) in [6.45, 7) is 0. The van der Waals surface area contributed by atoms with E-state index in [2.05, 4.69) is 9.97 Å². The van der Waals surface area contributed by atoms with E-state index in [1.807, 2.05) is 30.3 Å². The standard InChI is InChI=1S/C29H27N5O4S/c1-32(2)27(35)20-13-19(15-30-16-20)18-5-10-24-23(14-18)26-25(17-31-24)33(3)28(36)34(26)22-8-6-21(7-9-22)29(11-12-29)39(4,37)38/h5-10,13-17H,11-12H2,1-4H3. The van der Waals surface area contributed by atoms with Gasteiger partial charge < -0.3 is 4.90 Å². The summed E-state index contributed by atoms with van der Waals surface area (Å²) in [5.41, 5.74) is 5.30. The van der Waals surface area contributed by atoms with Crippen molar-refractivity contribution in [1.29, 1.82) is 0 Å². The molecule has 0 saturated heterocycles. The van der Waals surface area contributed by atoms with E-state index in [0.717, 1.165) is 22.1 Å². The minimum Gasteiger partial charge on any atom is -0.345 e.